The second-order valence-electron chi connectivity index (χ2n) is 2.34. The quantitative estimate of drug-likeness (QED) is 0.532. The number of benzene rings is 1. The van der Waals surface area contributed by atoms with Gasteiger partial charge in [-0.15, -0.1) is 5.52 Å². The maximum absolute atomic E-state index is 10.8. The van der Waals surface area contributed by atoms with Crippen LogP contribution in [0.2, 0.25) is 0 Å². The summed E-state index contributed by atoms with van der Waals surface area (Å²) in [5, 5.41) is 1.01. The van der Waals surface area contributed by atoms with Crippen molar-refractivity contribution in [2.24, 2.45) is 0 Å². The normalized spacial score (nSPS) is 9.33. The second-order valence-corrected chi connectivity index (χ2v) is 2.34. The Morgan fingerprint density at radius 3 is 2.58 bits per heavy atom. The van der Waals surface area contributed by atoms with E-state index in [1.54, 1.807) is 6.07 Å². The van der Waals surface area contributed by atoms with Gasteiger partial charge < -0.3 is 9.78 Å². The number of fused-ring (bicyclic) bond motifs is 1. The van der Waals surface area contributed by atoms with Crippen LogP contribution in [0, 0.1) is 0 Å². The topological polar surface area (TPSA) is 31.2 Å². The minimum absolute atomic E-state index is 0. The van der Waals surface area contributed by atoms with Gasteiger partial charge in [-0.3, -0.25) is 0 Å². The molecule has 3 heteroatoms. The van der Waals surface area contributed by atoms with Crippen LogP contribution in [0.1, 0.15) is 0 Å². The van der Waals surface area contributed by atoms with Crippen LogP contribution in [-0.2, 0) is 0 Å². The SMILES string of the molecule is O=c1ccc2ccccc2[n-]1.[Rb+]. The molecule has 1 aromatic heterocycles. The number of hydrogen-bond acceptors (Lipinski definition) is 1. The zero-order valence-corrected chi connectivity index (χ0v) is 11.7. The molecular weight excluding hydrogens is 224 g/mol. The Labute approximate surface area is 119 Å². The summed E-state index contributed by atoms with van der Waals surface area (Å²) >= 11 is 0. The molecule has 0 spiro atoms. The first-order valence-electron chi connectivity index (χ1n) is 3.39. The van der Waals surface area contributed by atoms with Gasteiger partial charge in [0.2, 0.25) is 0 Å². The summed E-state index contributed by atoms with van der Waals surface area (Å²) in [5.41, 5.74) is 0.587. The van der Waals surface area contributed by atoms with Crippen LogP contribution in [0.25, 0.3) is 10.9 Å². The molecule has 2 nitrogen and oxygen atoms in total. The van der Waals surface area contributed by atoms with Crippen LogP contribution in [0.15, 0.2) is 41.2 Å². The average Bonchev–Trinajstić information content (AvgIpc) is 2.04. The van der Waals surface area contributed by atoms with Crippen molar-refractivity contribution < 1.29 is 58.2 Å². The summed E-state index contributed by atoms with van der Waals surface area (Å²) in [6.07, 6.45) is 0. The van der Waals surface area contributed by atoms with E-state index in [9.17, 15) is 4.79 Å². The Morgan fingerprint density at radius 2 is 1.75 bits per heavy atom. The average molecular weight is 230 g/mol. The molecular formula is C9H6NORb. The summed E-state index contributed by atoms with van der Waals surface area (Å²) in [6.45, 7) is 0. The molecule has 0 unspecified atom stereocenters. The molecule has 0 radical (unpaired) electrons. The largest absolute Gasteiger partial charge is 1.00 e. The van der Waals surface area contributed by atoms with Gasteiger partial charge in [0.25, 0.3) is 0 Å². The van der Waals surface area contributed by atoms with E-state index in [-0.39, 0.29) is 63.7 Å². The first-order valence-corrected chi connectivity index (χ1v) is 3.39. The minimum atomic E-state index is -0.177. The fourth-order valence-electron chi connectivity index (χ4n) is 1.05. The summed E-state index contributed by atoms with van der Waals surface area (Å²) in [6, 6.07) is 10.8. The van der Waals surface area contributed by atoms with E-state index in [4.69, 9.17) is 0 Å². The number of para-hydroxylation sites is 1. The summed E-state index contributed by atoms with van der Waals surface area (Å²) in [7, 11) is 0. The van der Waals surface area contributed by atoms with Crippen molar-refractivity contribution in [1.82, 2.24) is 4.98 Å². The van der Waals surface area contributed by atoms with Crippen LogP contribution < -0.4 is 68.7 Å². The third-order valence-corrected chi connectivity index (χ3v) is 1.57. The molecule has 1 heterocycles. The Balaban J connectivity index is 0.000000720. The predicted molar refractivity (Wildman–Crippen MR) is 43.5 cm³/mol. The Morgan fingerprint density at radius 1 is 1.00 bits per heavy atom. The van der Waals surface area contributed by atoms with Crippen LogP contribution in [0.4, 0.5) is 0 Å². The number of hydrogen-bond donors (Lipinski definition) is 0. The molecule has 0 aliphatic carbocycles. The summed E-state index contributed by atoms with van der Waals surface area (Å²) in [4.78, 5) is 14.6. The van der Waals surface area contributed by atoms with E-state index in [1.807, 2.05) is 24.3 Å². The van der Waals surface area contributed by atoms with Crippen LogP contribution >= 0.6 is 0 Å². The first kappa shape index (κ1) is 10.3. The maximum Gasteiger partial charge on any atom is 1.00 e. The first-order chi connectivity index (χ1) is 5.36. The molecule has 0 atom stereocenters. The molecule has 0 saturated carbocycles. The number of rotatable bonds is 0. The zero-order valence-electron chi connectivity index (χ0n) is 6.82. The van der Waals surface area contributed by atoms with Gasteiger partial charge in [0.15, 0.2) is 0 Å². The molecule has 0 bridgehead atoms. The van der Waals surface area contributed by atoms with Crippen molar-refractivity contribution in [2.45, 2.75) is 0 Å². The van der Waals surface area contributed by atoms with Gasteiger partial charge in [-0.25, -0.2) is 0 Å². The Hall–Kier alpha value is 0.235. The van der Waals surface area contributed by atoms with Crippen LogP contribution in [0.3, 0.4) is 0 Å². The van der Waals surface area contributed by atoms with Crippen molar-refractivity contribution in [2.75, 3.05) is 0 Å². The van der Waals surface area contributed by atoms with Gasteiger partial charge >= 0.3 is 58.2 Å². The molecule has 0 amide bonds. The molecule has 1 aromatic carbocycles. The molecule has 0 N–H and O–H groups in total. The van der Waals surface area contributed by atoms with Gasteiger partial charge in [0.05, 0.1) is 5.56 Å². The number of pyridine rings is 1. The summed E-state index contributed by atoms with van der Waals surface area (Å²) in [5.74, 6) is 0. The number of nitrogens with zero attached hydrogens (tertiary/aromatic N) is 1. The fourth-order valence-corrected chi connectivity index (χ4v) is 1.05. The summed E-state index contributed by atoms with van der Waals surface area (Å²) < 4.78 is 0. The second kappa shape index (κ2) is 4.47. The molecule has 2 aromatic rings. The molecule has 0 aliphatic rings. The minimum Gasteiger partial charge on any atom is -0.623 e. The van der Waals surface area contributed by atoms with Gasteiger partial charge in [-0.05, 0) is 11.5 Å². The van der Waals surface area contributed by atoms with Crippen LogP contribution in [-0.4, -0.2) is 0 Å². The molecule has 0 aliphatic heterocycles. The van der Waals surface area contributed by atoms with E-state index < -0.39 is 0 Å². The van der Waals surface area contributed by atoms with E-state index in [2.05, 4.69) is 4.98 Å². The Kier molecular flexibility index (Phi) is 3.84. The zero-order chi connectivity index (χ0) is 7.68. The smallest absolute Gasteiger partial charge is 0.623 e. The van der Waals surface area contributed by atoms with E-state index in [0.29, 0.717) is 0 Å². The maximum atomic E-state index is 10.8. The molecule has 12 heavy (non-hydrogen) atoms. The Bertz CT molecular complexity index is 435. The van der Waals surface area contributed by atoms with E-state index >= 15 is 0 Å². The van der Waals surface area contributed by atoms with E-state index in [0.717, 1.165) is 10.9 Å². The van der Waals surface area contributed by atoms with Crippen molar-refractivity contribution in [3.63, 3.8) is 0 Å². The van der Waals surface area contributed by atoms with E-state index in [1.165, 1.54) is 6.07 Å². The van der Waals surface area contributed by atoms with Crippen LogP contribution in [0.5, 0.6) is 0 Å². The molecule has 0 fully saturated rings. The predicted octanol–water partition coefficient (Wildman–Crippen LogP) is -1.84. The molecule has 0 saturated heterocycles. The number of aromatic nitrogens is 1. The van der Waals surface area contributed by atoms with Gasteiger partial charge in [0.1, 0.15) is 0 Å². The van der Waals surface area contributed by atoms with Crippen molar-refractivity contribution in [3.8, 4) is 0 Å². The van der Waals surface area contributed by atoms with Gasteiger partial charge in [0, 0.05) is 0 Å². The van der Waals surface area contributed by atoms with Gasteiger partial charge in [-0.2, -0.15) is 0 Å². The fraction of sp³-hybridized carbons (Fsp3) is 0. The van der Waals surface area contributed by atoms with Crippen molar-refractivity contribution in [1.29, 1.82) is 0 Å². The standard InChI is InChI=1S/C9H7NO.Rb/c11-9-6-5-7-3-1-2-4-8(7)10-9;/h1-6H,(H,10,11);/q;+1/p-1. The third-order valence-electron chi connectivity index (χ3n) is 1.57. The monoisotopic (exact) mass is 229 g/mol. The van der Waals surface area contributed by atoms with Crippen molar-refractivity contribution >= 4 is 10.9 Å². The van der Waals surface area contributed by atoms with Gasteiger partial charge in [-0.1, -0.05) is 30.3 Å². The molecule has 2 rings (SSSR count). The molecule has 54 valence electrons. The third kappa shape index (κ3) is 2.13. The van der Waals surface area contributed by atoms with Crippen molar-refractivity contribution in [3.05, 3.63) is 46.8 Å².